The van der Waals surface area contributed by atoms with E-state index in [2.05, 4.69) is 0 Å². The molecule has 1 aromatic rings. The van der Waals surface area contributed by atoms with Crippen molar-refractivity contribution < 1.29 is 66.4 Å². The molecular formula is C8H9KO3. The number of hydrogen-bond donors (Lipinski definition) is 2. The van der Waals surface area contributed by atoms with E-state index in [1.165, 1.54) is 12.1 Å². The van der Waals surface area contributed by atoms with E-state index >= 15 is 0 Å². The number of para-hydroxylation sites is 1. The molecule has 12 heavy (non-hydrogen) atoms. The van der Waals surface area contributed by atoms with Crippen LogP contribution in [0.1, 0.15) is 10.4 Å². The molecule has 3 nitrogen and oxygen atoms in total. The molecule has 0 spiro atoms. The summed E-state index contributed by atoms with van der Waals surface area (Å²) in [6, 6.07) is 5.81. The van der Waals surface area contributed by atoms with Crippen LogP contribution in [0, 0.1) is 7.43 Å². The molecule has 0 heterocycles. The average molecular weight is 192 g/mol. The van der Waals surface area contributed by atoms with E-state index in [0.717, 1.165) is 0 Å². The Morgan fingerprint density at radius 3 is 2.08 bits per heavy atom. The van der Waals surface area contributed by atoms with Crippen LogP contribution in [0.3, 0.4) is 0 Å². The zero-order valence-corrected chi connectivity index (χ0v) is 10.2. The molecule has 0 bridgehead atoms. The number of carbonyl (C=O) groups is 1. The van der Waals surface area contributed by atoms with Gasteiger partial charge in [-0.1, -0.05) is 12.1 Å². The van der Waals surface area contributed by atoms with Crippen LogP contribution in [-0.2, 0) is 0 Å². The number of benzene rings is 1. The number of aromatic hydroxyl groups is 1. The van der Waals surface area contributed by atoms with Crippen molar-refractivity contribution in [3.63, 3.8) is 0 Å². The largest absolute Gasteiger partial charge is 1.00 e. The van der Waals surface area contributed by atoms with E-state index in [4.69, 9.17) is 10.2 Å². The Hall–Kier alpha value is 0.126. The van der Waals surface area contributed by atoms with Gasteiger partial charge in [0, 0.05) is 0 Å². The van der Waals surface area contributed by atoms with Gasteiger partial charge in [-0.2, -0.15) is 0 Å². The topological polar surface area (TPSA) is 57.5 Å². The summed E-state index contributed by atoms with van der Waals surface area (Å²) in [5.41, 5.74) is -0.0671. The Balaban J connectivity index is 0. The van der Waals surface area contributed by atoms with Gasteiger partial charge >= 0.3 is 57.4 Å². The van der Waals surface area contributed by atoms with Crippen molar-refractivity contribution in [2.75, 3.05) is 0 Å². The summed E-state index contributed by atoms with van der Waals surface area (Å²) in [6.07, 6.45) is 0. The van der Waals surface area contributed by atoms with Crippen LogP contribution >= 0.6 is 0 Å². The van der Waals surface area contributed by atoms with E-state index in [1.807, 2.05) is 0 Å². The molecular weight excluding hydrogens is 183 g/mol. The van der Waals surface area contributed by atoms with E-state index in [-0.39, 0.29) is 70.1 Å². The van der Waals surface area contributed by atoms with Crippen LogP contribution in [0.5, 0.6) is 5.75 Å². The standard InChI is InChI=1S/C7H6O3.CH3.K/c8-6-4-2-1-3-5(6)7(9)10;;/h1-4,8H,(H,9,10);1H3;/q;-1;+1. The predicted octanol–water partition coefficient (Wildman–Crippen LogP) is -1.46. The van der Waals surface area contributed by atoms with Gasteiger partial charge in [0.05, 0.1) is 0 Å². The van der Waals surface area contributed by atoms with Gasteiger partial charge in [-0.15, -0.1) is 0 Å². The molecule has 1 rings (SSSR count). The molecule has 4 heteroatoms. The summed E-state index contributed by atoms with van der Waals surface area (Å²) in [5, 5.41) is 17.3. The van der Waals surface area contributed by atoms with Gasteiger partial charge in [-0.25, -0.2) is 4.79 Å². The Bertz CT molecular complexity index is 260. The number of carboxylic acid groups (broad SMARTS) is 1. The van der Waals surface area contributed by atoms with Gasteiger partial charge in [0.2, 0.25) is 0 Å². The fourth-order valence-corrected chi connectivity index (χ4v) is 0.654. The second-order valence-electron chi connectivity index (χ2n) is 1.82. The minimum absolute atomic E-state index is 0. The Kier molecular flexibility index (Phi) is 8.08. The Morgan fingerprint density at radius 1 is 1.25 bits per heavy atom. The zero-order valence-electron chi connectivity index (χ0n) is 7.11. The first-order valence-corrected chi connectivity index (χ1v) is 2.73. The second-order valence-corrected chi connectivity index (χ2v) is 1.82. The van der Waals surface area contributed by atoms with Gasteiger partial charge in [0.25, 0.3) is 0 Å². The number of phenols is 1. The summed E-state index contributed by atoms with van der Waals surface area (Å²) in [4.78, 5) is 10.3. The normalized spacial score (nSPS) is 7.67. The van der Waals surface area contributed by atoms with E-state index in [9.17, 15) is 4.79 Å². The summed E-state index contributed by atoms with van der Waals surface area (Å²) in [5.74, 6) is -1.31. The van der Waals surface area contributed by atoms with E-state index < -0.39 is 5.97 Å². The summed E-state index contributed by atoms with van der Waals surface area (Å²) >= 11 is 0. The van der Waals surface area contributed by atoms with Gasteiger partial charge in [-0.05, 0) is 12.1 Å². The SMILES string of the molecule is O=C(O)c1ccccc1O.[CH3-].[K+]. The van der Waals surface area contributed by atoms with Crippen molar-refractivity contribution in [2.24, 2.45) is 0 Å². The van der Waals surface area contributed by atoms with Crippen LogP contribution in [0.15, 0.2) is 24.3 Å². The van der Waals surface area contributed by atoms with Gasteiger partial charge in [-0.3, -0.25) is 0 Å². The van der Waals surface area contributed by atoms with Crippen LogP contribution < -0.4 is 51.4 Å². The number of carboxylic acids is 1. The average Bonchev–Trinajstić information content (AvgIpc) is 1.88. The molecule has 0 aliphatic heterocycles. The van der Waals surface area contributed by atoms with Crippen LogP contribution in [0.2, 0.25) is 0 Å². The number of rotatable bonds is 1. The van der Waals surface area contributed by atoms with Crippen LogP contribution in [-0.4, -0.2) is 16.2 Å². The molecule has 0 radical (unpaired) electrons. The zero-order chi connectivity index (χ0) is 7.56. The molecule has 0 unspecified atom stereocenters. The smallest absolute Gasteiger partial charge is 0.507 e. The Labute approximate surface area is 114 Å². The van der Waals surface area contributed by atoms with Gasteiger partial charge in [0.15, 0.2) is 0 Å². The molecule has 0 aromatic heterocycles. The molecule has 0 fully saturated rings. The molecule has 0 saturated heterocycles. The quantitative estimate of drug-likeness (QED) is 0.422. The molecule has 0 saturated carbocycles. The third kappa shape index (κ3) is 3.69. The molecule has 60 valence electrons. The summed E-state index contributed by atoms with van der Waals surface area (Å²) in [6.45, 7) is 0. The van der Waals surface area contributed by atoms with Crippen molar-refractivity contribution in [1.82, 2.24) is 0 Å². The molecule has 0 amide bonds. The van der Waals surface area contributed by atoms with E-state index in [1.54, 1.807) is 12.1 Å². The molecule has 0 atom stereocenters. The van der Waals surface area contributed by atoms with Crippen molar-refractivity contribution in [3.8, 4) is 5.75 Å². The third-order valence-corrected chi connectivity index (χ3v) is 1.13. The minimum atomic E-state index is -1.11. The van der Waals surface area contributed by atoms with Crippen molar-refractivity contribution in [1.29, 1.82) is 0 Å². The summed E-state index contributed by atoms with van der Waals surface area (Å²) < 4.78 is 0. The predicted molar refractivity (Wildman–Crippen MR) is 41.5 cm³/mol. The van der Waals surface area contributed by atoms with Crippen LogP contribution in [0.25, 0.3) is 0 Å². The minimum Gasteiger partial charge on any atom is -0.507 e. The van der Waals surface area contributed by atoms with Gasteiger partial charge < -0.3 is 17.6 Å². The molecule has 0 aliphatic rings. The first-order valence-electron chi connectivity index (χ1n) is 2.73. The number of aromatic carboxylic acids is 1. The first kappa shape index (κ1) is 14.6. The maximum atomic E-state index is 10.3. The third-order valence-electron chi connectivity index (χ3n) is 1.13. The van der Waals surface area contributed by atoms with Crippen molar-refractivity contribution >= 4 is 5.97 Å². The van der Waals surface area contributed by atoms with Crippen molar-refractivity contribution in [3.05, 3.63) is 37.3 Å². The maximum Gasteiger partial charge on any atom is 1.00 e. The second kappa shape index (κ2) is 6.62. The fourth-order valence-electron chi connectivity index (χ4n) is 0.654. The monoisotopic (exact) mass is 192 g/mol. The molecule has 1 aromatic carbocycles. The Morgan fingerprint density at radius 2 is 1.75 bits per heavy atom. The molecule has 2 N–H and O–H groups in total. The van der Waals surface area contributed by atoms with Crippen LogP contribution in [0.4, 0.5) is 0 Å². The molecule has 0 aliphatic carbocycles. The van der Waals surface area contributed by atoms with Crippen molar-refractivity contribution in [2.45, 2.75) is 0 Å². The first-order chi connectivity index (χ1) is 4.72. The van der Waals surface area contributed by atoms with Gasteiger partial charge in [0.1, 0.15) is 11.3 Å². The fraction of sp³-hybridized carbons (Fsp3) is 0. The van der Waals surface area contributed by atoms with E-state index in [0.29, 0.717) is 0 Å². The number of hydrogen-bond acceptors (Lipinski definition) is 2. The maximum absolute atomic E-state index is 10.3. The summed E-state index contributed by atoms with van der Waals surface area (Å²) in [7, 11) is 0.